The summed E-state index contributed by atoms with van der Waals surface area (Å²) in [6.45, 7) is 4.37. The molecule has 1 aliphatic heterocycles. The molecule has 1 aliphatic rings. The van der Waals surface area contributed by atoms with E-state index in [2.05, 4.69) is 9.88 Å². The molecule has 0 saturated carbocycles. The molecular weight excluding hydrogens is 358 g/mol. The minimum atomic E-state index is -0.384. The highest BCUT2D eigenvalue weighted by molar-refractivity contribution is 6.05. The van der Waals surface area contributed by atoms with Crippen LogP contribution in [0.15, 0.2) is 53.3 Å². The van der Waals surface area contributed by atoms with E-state index in [4.69, 9.17) is 9.15 Å². The van der Waals surface area contributed by atoms with Crippen molar-refractivity contribution in [3.8, 4) is 0 Å². The van der Waals surface area contributed by atoms with Crippen LogP contribution in [0.5, 0.6) is 0 Å². The number of carbonyl (C=O) groups excluding carboxylic acids is 2. The van der Waals surface area contributed by atoms with Crippen LogP contribution in [-0.4, -0.2) is 54.5 Å². The maximum atomic E-state index is 12.5. The normalized spacial score (nSPS) is 14.3. The Labute approximate surface area is 162 Å². The molecule has 2 aromatic heterocycles. The second-order valence-corrected chi connectivity index (χ2v) is 6.51. The van der Waals surface area contributed by atoms with Gasteiger partial charge in [-0.1, -0.05) is 18.2 Å². The van der Waals surface area contributed by atoms with Crippen LogP contribution < -0.4 is 4.90 Å². The number of hydrogen-bond donors (Lipinski definition) is 0. The lowest BCUT2D eigenvalue weighted by molar-refractivity contribution is 0.0525. The number of nitrogens with zero attached hydrogens (tertiary/aromatic N) is 3. The minimum Gasteiger partial charge on any atom is -0.462 e. The number of anilines is 1. The summed E-state index contributed by atoms with van der Waals surface area (Å²) >= 11 is 0. The quantitative estimate of drug-likeness (QED) is 0.649. The summed E-state index contributed by atoms with van der Waals surface area (Å²) in [5, 5.41) is 0.902. The van der Waals surface area contributed by atoms with E-state index in [-0.39, 0.29) is 11.9 Å². The van der Waals surface area contributed by atoms with Crippen molar-refractivity contribution < 1.29 is 18.7 Å². The molecule has 0 aliphatic carbocycles. The average molecular weight is 379 g/mol. The van der Waals surface area contributed by atoms with Crippen molar-refractivity contribution in [2.45, 2.75) is 6.92 Å². The second kappa shape index (κ2) is 7.72. The maximum Gasteiger partial charge on any atom is 0.341 e. The van der Waals surface area contributed by atoms with E-state index in [0.717, 1.165) is 16.6 Å². The van der Waals surface area contributed by atoms with Crippen molar-refractivity contribution in [3.63, 3.8) is 0 Å². The summed E-state index contributed by atoms with van der Waals surface area (Å²) in [6, 6.07) is 11.1. The van der Waals surface area contributed by atoms with Gasteiger partial charge in [0.1, 0.15) is 5.56 Å². The van der Waals surface area contributed by atoms with Gasteiger partial charge in [0.15, 0.2) is 5.76 Å². The Bertz CT molecular complexity index is 992. The highest BCUT2D eigenvalue weighted by atomic mass is 16.5. The van der Waals surface area contributed by atoms with E-state index >= 15 is 0 Å². The fourth-order valence-corrected chi connectivity index (χ4v) is 3.51. The van der Waals surface area contributed by atoms with Crippen LogP contribution in [0, 0.1) is 0 Å². The molecule has 0 unspecified atom stereocenters. The Kier molecular flexibility index (Phi) is 4.97. The number of piperazine rings is 1. The lowest BCUT2D eigenvalue weighted by atomic mass is 10.1. The number of para-hydroxylation sites is 1. The molecular formula is C21H21N3O4. The number of furan rings is 1. The zero-order chi connectivity index (χ0) is 19.5. The van der Waals surface area contributed by atoms with Crippen LogP contribution in [0.2, 0.25) is 0 Å². The van der Waals surface area contributed by atoms with Gasteiger partial charge in [0.2, 0.25) is 0 Å². The Morgan fingerprint density at radius 1 is 1.11 bits per heavy atom. The fourth-order valence-electron chi connectivity index (χ4n) is 3.51. The van der Waals surface area contributed by atoms with Gasteiger partial charge in [-0.05, 0) is 25.1 Å². The average Bonchev–Trinajstić information content (AvgIpc) is 3.27. The molecule has 7 heteroatoms. The molecule has 0 spiro atoms. The van der Waals surface area contributed by atoms with Crippen molar-refractivity contribution >= 4 is 28.5 Å². The molecule has 1 fully saturated rings. The van der Waals surface area contributed by atoms with Crippen LogP contribution in [0.1, 0.15) is 27.8 Å². The number of carbonyl (C=O) groups is 2. The fraction of sp³-hybridized carbons (Fsp3) is 0.286. The minimum absolute atomic E-state index is 0.116. The number of amides is 1. The molecule has 144 valence electrons. The van der Waals surface area contributed by atoms with Gasteiger partial charge in [-0.2, -0.15) is 0 Å². The Hall–Kier alpha value is -3.35. The topological polar surface area (TPSA) is 75.9 Å². The number of hydrogen-bond acceptors (Lipinski definition) is 6. The predicted octanol–water partition coefficient (Wildman–Crippen LogP) is 2.97. The van der Waals surface area contributed by atoms with E-state index < -0.39 is 0 Å². The van der Waals surface area contributed by atoms with Crippen molar-refractivity contribution in [3.05, 3.63) is 60.2 Å². The first kappa shape index (κ1) is 18.0. The number of rotatable bonds is 4. The highest BCUT2D eigenvalue weighted by Crippen LogP contribution is 2.31. The Morgan fingerprint density at radius 2 is 1.89 bits per heavy atom. The number of benzene rings is 1. The second-order valence-electron chi connectivity index (χ2n) is 6.51. The van der Waals surface area contributed by atoms with E-state index in [1.165, 1.54) is 6.26 Å². The predicted molar refractivity (Wildman–Crippen MR) is 105 cm³/mol. The first-order valence-corrected chi connectivity index (χ1v) is 9.31. The molecule has 0 radical (unpaired) electrons. The third-order valence-corrected chi connectivity index (χ3v) is 4.86. The first-order chi connectivity index (χ1) is 13.7. The number of esters is 1. The molecule has 1 saturated heterocycles. The van der Waals surface area contributed by atoms with Gasteiger partial charge in [-0.25, -0.2) is 4.79 Å². The molecule has 0 atom stereocenters. The summed E-state index contributed by atoms with van der Waals surface area (Å²) in [7, 11) is 0. The summed E-state index contributed by atoms with van der Waals surface area (Å²) in [5.74, 6) is -0.158. The van der Waals surface area contributed by atoms with Crippen molar-refractivity contribution in [2.24, 2.45) is 0 Å². The SMILES string of the molecule is CCOC(=O)c1cnc2ccccc2c1N1CCN(C(=O)c2ccco2)CC1. The Morgan fingerprint density at radius 3 is 2.61 bits per heavy atom. The number of fused-ring (bicyclic) bond motifs is 1. The Balaban J connectivity index is 1.63. The molecule has 1 aromatic carbocycles. The molecule has 7 nitrogen and oxygen atoms in total. The summed E-state index contributed by atoms with van der Waals surface area (Å²) in [5.41, 5.74) is 2.08. The molecule has 0 bridgehead atoms. The van der Waals surface area contributed by atoms with Crippen molar-refractivity contribution in [2.75, 3.05) is 37.7 Å². The number of aromatic nitrogens is 1. The van der Waals surface area contributed by atoms with E-state index in [1.807, 2.05) is 24.3 Å². The van der Waals surface area contributed by atoms with Crippen LogP contribution in [0.25, 0.3) is 10.9 Å². The van der Waals surface area contributed by atoms with Crippen molar-refractivity contribution in [1.82, 2.24) is 9.88 Å². The molecule has 28 heavy (non-hydrogen) atoms. The third kappa shape index (κ3) is 3.31. The molecule has 3 aromatic rings. The van der Waals surface area contributed by atoms with E-state index in [9.17, 15) is 9.59 Å². The maximum absolute atomic E-state index is 12.5. The summed E-state index contributed by atoms with van der Waals surface area (Å²) < 4.78 is 10.5. The molecule has 4 rings (SSSR count). The monoisotopic (exact) mass is 379 g/mol. The third-order valence-electron chi connectivity index (χ3n) is 4.86. The van der Waals surface area contributed by atoms with Gasteiger partial charge in [-0.15, -0.1) is 0 Å². The molecule has 0 N–H and O–H groups in total. The van der Waals surface area contributed by atoms with Gasteiger partial charge in [0.05, 0.1) is 24.1 Å². The van der Waals surface area contributed by atoms with E-state index in [1.54, 1.807) is 30.2 Å². The van der Waals surface area contributed by atoms with Gasteiger partial charge in [0.25, 0.3) is 5.91 Å². The number of ether oxygens (including phenoxy) is 1. The van der Waals surface area contributed by atoms with Gasteiger partial charge in [0, 0.05) is 37.8 Å². The molecule has 3 heterocycles. The van der Waals surface area contributed by atoms with Crippen LogP contribution in [0.3, 0.4) is 0 Å². The summed E-state index contributed by atoms with van der Waals surface area (Å²) in [4.78, 5) is 33.3. The van der Waals surface area contributed by atoms with Crippen LogP contribution in [-0.2, 0) is 4.74 Å². The highest BCUT2D eigenvalue weighted by Gasteiger charge is 2.27. The summed E-state index contributed by atoms with van der Waals surface area (Å²) in [6.07, 6.45) is 3.08. The van der Waals surface area contributed by atoms with Gasteiger partial charge >= 0.3 is 5.97 Å². The standard InChI is InChI=1S/C21H21N3O4/c1-2-27-21(26)16-14-22-17-7-4-3-6-15(17)19(16)23-9-11-24(12-10-23)20(25)18-8-5-13-28-18/h3-8,13-14H,2,9-12H2,1H3. The van der Waals surface area contributed by atoms with Gasteiger partial charge < -0.3 is 19.0 Å². The lowest BCUT2D eigenvalue weighted by Gasteiger charge is -2.36. The van der Waals surface area contributed by atoms with Crippen LogP contribution >= 0.6 is 0 Å². The van der Waals surface area contributed by atoms with Crippen LogP contribution in [0.4, 0.5) is 5.69 Å². The van der Waals surface area contributed by atoms with E-state index in [0.29, 0.717) is 44.1 Å². The largest absolute Gasteiger partial charge is 0.462 e. The zero-order valence-electron chi connectivity index (χ0n) is 15.6. The van der Waals surface area contributed by atoms with Crippen molar-refractivity contribution in [1.29, 1.82) is 0 Å². The molecule has 1 amide bonds. The smallest absolute Gasteiger partial charge is 0.341 e. The van der Waals surface area contributed by atoms with Gasteiger partial charge in [-0.3, -0.25) is 9.78 Å². The number of pyridine rings is 1. The first-order valence-electron chi connectivity index (χ1n) is 9.31. The zero-order valence-corrected chi connectivity index (χ0v) is 15.6. The lowest BCUT2D eigenvalue weighted by Crippen LogP contribution is -2.49.